The van der Waals surface area contributed by atoms with Crippen molar-refractivity contribution in [2.75, 3.05) is 12.4 Å². The fraction of sp³-hybridized carbons (Fsp3) is 0.192. The summed E-state index contributed by atoms with van der Waals surface area (Å²) in [6.07, 6.45) is 3.05. The molecule has 0 saturated heterocycles. The summed E-state index contributed by atoms with van der Waals surface area (Å²) in [6.45, 7) is 2.13. The van der Waals surface area contributed by atoms with E-state index in [2.05, 4.69) is 5.32 Å². The molecule has 0 bridgehead atoms. The summed E-state index contributed by atoms with van der Waals surface area (Å²) in [6, 6.07) is 14.4. The van der Waals surface area contributed by atoms with Crippen LogP contribution in [0.2, 0.25) is 5.02 Å². The van der Waals surface area contributed by atoms with Crippen LogP contribution in [0, 0.1) is 17.1 Å². The van der Waals surface area contributed by atoms with E-state index in [-0.39, 0.29) is 22.8 Å². The molecule has 3 aromatic rings. The average Bonchev–Trinajstić information content (AvgIpc) is 3.24. The van der Waals surface area contributed by atoms with Gasteiger partial charge in [-0.25, -0.2) is 9.18 Å². The molecule has 3 rings (SSSR count). The van der Waals surface area contributed by atoms with E-state index in [0.29, 0.717) is 21.9 Å². The fourth-order valence-corrected chi connectivity index (χ4v) is 4.51. The van der Waals surface area contributed by atoms with Gasteiger partial charge in [-0.05, 0) is 48.4 Å². The van der Waals surface area contributed by atoms with E-state index < -0.39 is 17.7 Å². The number of aryl methyl sites for hydroxylation is 1. The number of halogens is 2. The first-order chi connectivity index (χ1) is 16.8. The molecule has 0 fully saturated rings. The Balaban J connectivity index is 1.76. The molecule has 0 saturated carbocycles. The molecular formula is C26H22ClFN2O4S. The van der Waals surface area contributed by atoms with Crippen LogP contribution < -0.4 is 10.1 Å². The monoisotopic (exact) mass is 512 g/mol. The van der Waals surface area contributed by atoms with Crippen LogP contribution in [0.4, 0.5) is 9.39 Å². The fourth-order valence-electron chi connectivity index (χ4n) is 3.15. The number of hydrogen-bond acceptors (Lipinski definition) is 6. The maximum absolute atomic E-state index is 13.2. The molecule has 1 heterocycles. The third-order valence-corrected chi connectivity index (χ3v) is 6.32. The standard InChI is InChI=1S/C26H22ClFN2O4S/c1-3-5-21-13-22(26(32)33-2)25(35-21)30-24(31)18(14-29)10-16-6-4-7-20(11-16)34-15-17-8-9-19(28)12-23(17)27/h4,6-13H,3,5,15H2,1-2H3,(H,30,31)/b18-10-. The smallest absolute Gasteiger partial charge is 0.340 e. The Morgan fingerprint density at radius 3 is 2.71 bits per heavy atom. The number of amides is 1. The Kier molecular flexibility index (Phi) is 9.01. The number of esters is 1. The molecule has 0 radical (unpaired) electrons. The molecule has 1 amide bonds. The van der Waals surface area contributed by atoms with Crippen LogP contribution in [-0.2, 0) is 22.6 Å². The van der Waals surface area contributed by atoms with Gasteiger partial charge in [0.25, 0.3) is 5.91 Å². The van der Waals surface area contributed by atoms with Crippen molar-refractivity contribution in [3.05, 3.63) is 86.5 Å². The van der Waals surface area contributed by atoms with Crippen LogP contribution in [0.1, 0.15) is 39.7 Å². The topological polar surface area (TPSA) is 88.4 Å². The molecule has 0 spiro atoms. The van der Waals surface area contributed by atoms with E-state index in [1.807, 2.05) is 13.0 Å². The van der Waals surface area contributed by atoms with Crippen molar-refractivity contribution in [1.82, 2.24) is 0 Å². The molecule has 0 atom stereocenters. The Morgan fingerprint density at radius 2 is 2.03 bits per heavy atom. The lowest BCUT2D eigenvalue weighted by Gasteiger charge is -2.09. The van der Waals surface area contributed by atoms with Crippen molar-refractivity contribution in [2.24, 2.45) is 0 Å². The van der Waals surface area contributed by atoms with Gasteiger partial charge in [0.15, 0.2) is 0 Å². The minimum absolute atomic E-state index is 0.118. The summed E-state index contributed by atoms with van der Waals surface area (Å²) >= 11 is 7.31. The van der Waals surface area contributed by atoms with E-state index in [1.165, 1.54) is 36.7 Å². The number of hydrogen-bond donors (Lipinski definition) is 1. The molecule has 1 N–H and O–H groups in total. The van der Waals surface area contributed by atoms with Crippen molar-refractivity contribution in [3.8, 4) is 11.8 Å². The lowest BCUT2D eigenvalue weighted by atomic mass is 10.1. The Hall–Kier alpha value is -3.67. The SMILES string of the molecule is CCCc1cc(C(=O)OC)c(NC(=O)/C(C#N)=C\c2cccc(OCc3ccc(F)cc3Cl)c2)s1. The Morgan fingerprint density at radius 1 is 1.23 bits per heavy atom. The zero-order valence-corrected chi connectivity index (χ0v) is 20.6. The number of benzene rings is 2. The zero-order chi connectivity index (χ0) is 25.4. The maximum atomic E-state index is 13.2. The quantitative estimate of drug-likeness (QED) is 0.203. The summed E-state index contributed by atoms with van der Waals surface area (Å²) in [5.74, 6) is -1.16. The van der Waals surface area contributed by atoms with Gasteiger partial charge in [-0.2, -0.15) is 5.26 Å². The average molecular weight is 513 g/mol. The molecule has 2 aromatic carbocycles. The second-order valence-electron chi connectivity index (χ2n) is 7.42. The third kappa shape index (κ3) is 6.92. The molecule has 0 unspecified atom stereocenters. The summed E-state index contributed by atoms with van der Waals surface area (Å²) in [5, 5.41) is 12.8. The highest BCUT2D eigenvalue weighted by Gasteiger charge is 2.20. The first-order valence-electron chi connectivity index (χ1n) is 10.7. The summed E-state index contributed by atoms with van der Waals surface area (Å²) in [4.78, 5) is 25.9. The normalized spacial score (nSPS) is 11.0. The lowest BCUT2D eigenvalue weighted by molar-refractivity contribution is -0.112. The number of ether oxygens (including phenoxy) is 2. The van der Waals surface area contributed by atoms with Gasteiger partial charge in [-0.3, -0.25) is 4.79 Å². The third-order valence-electron chi connectivity index (χ3n) is 4.86. The summed E-state index contributed by atoms with van der Waals surface area (Å²) < 4.78 is 23.8. The highest BCUT2D eigenvalue weighted by Crippen LogP contribution is 2.30. The molecule has 180 valence electrons. The van der Waals surface area contributed by atoms with E-state index in [1.54, 1.807) is 36.4 Å². The summed E-state index contributed by atoms with van der Waals surface area (Å²) in [7, 11) is 1.27. The van der Waals surface area contributed by atoms with Crippen LogP contribution in [-0.4, -0.2) is 19.0 Å². The molecule has 0 aliphatic heterocycles. The predicted octanol–water partition coefficient (Wildman–Crippen LogP) is 6.40. The van der Waals surface area contributed by atoms with E-state index in [9.17, 15) is 19.2 Å². The van der Waals surface area contributed by atoms with Gasteiger partial charge in [0, 0.05) is 10.4 Å². The predicted molar refractivity (Wildman–Crippen MR) is 134 cm³/mol. The summed E-state index contributed by atoms with van der Waals surface area (Å²) in [5.41, 5.74) is 1.28. The van der Waals surface area contributed by atoms with Crippen molar-refractivity contribution in [1.29, 1.82) is 5.26 Å². The molecular weight excluding hydrogens is 491 g/mol. The molecule has 0 aliphatic carbocycles. The number of nitriles is 1. The largest absolute Gasteiger partial charge is 0.489 e. The number of methoxy groups -OCH3 is 1. The second kappa shape index (κ2) is 12.2. The first kappa shape index (κ1) is 25.9. The number of nitrogens with one attached hydrogen (secondary N) is 1. The highest BCUT2D eigenvalue weighted by atomic mass is 35.5. The minimum atomic E-state index is -0.646. The van der Waals surface area contributed by atoms with Crippen LogP contribution in [0.3, 0.4) is 0 Å². The molecule has 0 aliphatic rings. The molecule has 9 heteroatoms. The van der Waals surface area contributed by atoms with Crippen LogP contribution in [0.25, 0.3) is 6.08 Å². The number of anilines is 1. The van der Waals surface area contributed by atoms with Gasteiger partial charge in [0.1, 0.15) is 34.8 Å². The van der Waals surface area contributed by atoms with Gasteiger partial charge in [0.2, 0.25) is 0 Å². The number of carbonyl (C=O) groups excluding carboxylic acids is 2. The van der Waals surface area contributed by atoms with Gasteiger partial charge in [-0.15, -0.1) is 11.3 Å². The number of thiophene rings is 1. The van der Waals surface area contributed by atoms with Crippen molar-refractivity contribution in [2.45, 2.75) is 26.4 Å². The van der Waals surface area contributed by atoms with Gasteiger partial charge in [-0.1, -0.05) is 43.1 Å². The first-order valence-corrected chi connectivity index (χ1v) is 11.8. The van der Waals surface area contributed by atoms with Gasteiger partial charge >= 0.3 is 5.97 Å². The Labute approximate surface area is 211 Å². The van der Waals surface area contributed by atoms with Crippen molar-refractivity contribution in [3.63, 3.8) is 0 Å². The molecule has 1 aromatic heterocycles. The molecule has 35 heavy (non-hydrogen) atoms. The van der Waals surface area contributed by atoms with Crippen LogP contribution in [0.15, 0.2) is 54.1 Å². The zero-order valence-electron chi connectivity index (χ0n) is 19.1. The number of rotatable bonds is 9. The van der Waals surface area contributed by atoms with Crippen molar-refractivity contribution < 1.29 is 23.5 Å². The minimum Gasteiger partial charge on any atom is -0.489 e. The Bertz CT molecular complexity index is 1310. The lowest BCUT2D eigenvalue weighted by Crippen LogP contribution is -2.15. The van der Waals surface area contributed by atoms with E-state index >= 15 is 0 Å². The van der Waals surface area contributed by atoms with Crippen LogP contribution >= 0.6 is 22.9 Å². The van der Waals surface area contributed by atoms with Gasteiger partial charge < -0.3 is 14.8 Å². The van der Waals surface area contributed by atoms with E-state index in [4.69, 9.17) is 21.1 Å². The van der Waals surface area contributed by atoms with E-state index in [0.717, 1.165) is 17.7 Å². The number of carbonyl (C=O) groups is 2. The second-order valence-corrected chi connectivity index (χ2v) is 8.96. The van der Waals surface area contributed by atoms with Crippen molar-refractivity contribution >= 4 is 45.9 Å². The molecule has 6 nitrogen and oxygen atoms in total. The number of nitrogens with zero attached hydrogens (tertiary/aromatic N) is 1. The van der Waals surface area contributed by atoms with Crippen LogP contribution in [0.5, 0.6) is 5.75 Å². The highest BCUT2D eigenvalue weighted by molar-refractivity contribution is 7.16. The maximum Gasteiger partial charge on any atom is 0.340 e. The van der Waals surface area contributed by atoms with Gasteiger partial charge in [0.05, 0.1) is 17.7 Å².